The van der Waals surface area contributed by atoms with Crippen LogP contribution in [0.1, 0.15) is 84.4 Å². The third kappa shape index (κ3) is 5.45. The number of pyridine rings is 1. The molecule has 2 aromatic heterocycles. The van der Waals surface area contributed by atoms with Crippen molar-refractivity contribution in [2.45, 2.75) is 86.5 Å². The number of benzene rings is 1. The minimum absolute atomic E-state index is 0.0122. The van der Waals surface area contributed by atoms with Crippen molar-refractivity contribution in [1.82, 2.24) is 9.88 Å². The first-order valence-electron chi connectivity index (χ1n) is 15.7. The number of amides is 1. The summed E-state index contributed by atoms with van der Waals surface area (Å²) in [5.74, 6) is 0.387. The summed E-state index contributed by atoms with van der Waals surface area (Å²) in [6.45, 7) is 15.7. The summed E-state index contributed by atoms with van der Waals surface area (Å²) in [7, 11) is 0. The molecular weight excluding hydrogens is 608 g/mol. The van der Waals surface area contributed by atoms with Gasteiger partial charge in [-0.3, -0.25) is 10.3 Å². The standard InChI is InChI=1S/C35H39F2N5O3S/c1-8-18(2)26-22(12-39-19(3)42-14-20-9-10-35(20,7)17-42)23-15-44-16-24(23)27(29(26)37)30-28-21(11-38)32(41-33(43)45-34(4,5)6)46-31(28)25(36)13-40-30/h12-13,20H,8-10,14-17H2,1-7H3,(H,41,43)/b22-12-,26-18?,39-19?. The Morgan fingerprint density at radius 2 is 2.07 bits per heavy atom. The smallest absolute Gasteiger partial charge is 0.412 e. The highest BCUT2D eigenvalue weighted by Crippen LogP contribution is 2.51. The summed E-state index contributed by atoms with van der Waals surface area (Å²) in [4.78, 5) is 24.2. The largest absolute Gasteiger partial charge is 0.444 e. The van der Waals surface area contributed by atoms with Gasteiger partial charge < -0.3 is 14.4 Å². The number of rotatable bonds is 4. The SMILES string of the molecule is CCC(C)=c1c(F)c(-c2ncc(F)c3sc(NC(=O)OC(C)(C)C)c(C#N)c23)c2c(/c1=C/N=C(C)N1CC3CCC3(C)C1)COC2. The molecule has 1 amide bonds. The number of aromatic nitrogens is 1. The van der Waals surface area contributed by atoms with Gasteiger partial charge in [0.2, 0.25) is 0 Å². The molecule has 6 rings (SSSR count). The molecule has 11 heteroatoms. The number of nitrogens with one attached hydrogen (secondary N) is 1. The molecule has 46 heavy (non-hydrogen) atoms. The third-order valence-corrected chi connectivity index (χ3v) is 10.8. The van der Waals surface area contributed by atoms with Crippen molar-refractivity contribution < 1.29 is 23.0 Å². The Morgan fingerprint density at radius 1 is 1.33 bits per heavy atom. The lowest BCUT2D eigenvalue weighted by Gasteiger charge is -2.40. The Labute approximate surface area is 271 Å². The molecule has 2 fully saturated rings. The van der Waals surface area contributed by atoms with E-state index in [4.69, 9.17) is 14.5 Å². The molecule has 3 aliphatic rings. The van der Waals surface area contributed by atoms with E-state index in [-0.39, 0.29) is 45.1 Å². The van der Waals surface area contributed by atoms with Gasteiger partial charge in [0.05, 0.1) is 35.4 Å². The summed E-state index contributed by atoms with van der Waals surface area (Å²) in [5, 5.41) is 14.1. The van der Waals surface area contributed by atoms with Gasteiger partial charge in [-0.1, -0.05) is 19.4 Å². The molecule has 3 aromatic rings. The molecule has 1 aromatic carbocycles. The van der Waals surface area contributed by atoms with Gasteiger partial charge in [-0.05, 0) is 76.3 Å². The van der Waals surface area contributed by atoms with Crippen molar-refractivity contribution in [3.05, 3.63) is 45.0 Å². The van der Waals surface area contributed by atoms with Crippen LogP contribution in [0, 0.1) is 34.3 Å². The van der Waals surface area contributed by atoms with Gasteiger partial charge in [-0.25, -0.2) is 18.6 Å². The number of anilines is 1. The number of halogens is 2. The van der Waals surface area contributed by atoms with Crippen LogP contribution in [-0.2, 0) is 22.7 Å². The van der Waals surface area contributed by atoms with Crippen molar-refractivity contribution in [1.29, 1.82) is 5.26 Å². The number of fused-ring (bicyclic) bond motifs is 3. The van der Waals surface area contributed by atoms with Crippen molar-refractivity contribution in [3.8, 4) is 17.3 Å². The Bertz CT molecular complexity index is 1970. The third-order valence-electron chi connectivity index (χ3n) is 9.66. The number of aliphatic imine (C=N–C) groups is 1. The van der Waals surface area contributed by atoms with E-state index in [9.17, 15) is 10.1 Å². The van der Waals surface area contributed by atoms with E-state index >= 15 is 8.78 Å². The molecular formula is C35H39F2N5O3S. The number of nitriles is 1. The molecule has 2 atom stereocenters. The number of likely N-dealkylation sites (tertiary alicyclic amines) is 1. The first kappa shape index (κ1) is 32.1. The average molecular weight is 648 g/mol. The quantitative estimate of drug-likeness (QED) is 0.243. The van der Waals surface area contributed by atoms with Gasteiger partial charge in [0, 0.05) is 40.7 Å². The van der Waals surface area contributed by atoms with Crippen LogP contribution in [0.5, 0.6) is 0 Å². The molecule has 1 saturated carbocycles. The number of hydrogen-bond acceptors (Lipinski definition) is 7. The predicted molar refractivity (Wildman–Crippen MR) is 177 cm³/mol. The molecule has 0 spiro atoms. The van der Waals surface area contributed by atoms with Crippen molar-refractivity contribution in [3.63, 3.8) is 0 Å². The van der Waals surface area contributed by atoms with E-state index in [1.165, 1.54) is 12.8 Å². The number of carbonyl (C=O) groups excluding carboxylic acids is 1. The molecule has 8 nitrogen and oxygen atoms in total. The van der Waals surface area contributed by atoms with Crippen LogP contribution in [0.4, 0.5) is 18.6 Å². The average Bonchev–Trinajstić information content (AvgIpc) is 3.67. The Morgan fingerprint density at radius 3 is 2.67 bits per heavy atom. The molecule has 1 aliphatic carbocycles. The number of hydrogen-bond donors (Lipinski definition) is 1. The zero-order chi connectivity index (χ0) is 33.1. The molecule has 2 unspecified atom stereocenters. The van der Waals surface area contributed by atoms with Crippen LogP contribution in [0.2, 0.25) is 0 Å². The summed E-state index contributed by atoms with van der Waals surface area (Å²) < 4.78 is 43.7. The van der Waals surface area contributed by atoms with Gasteiger partial charge in [-0.2, -0.15) is 5.26 Å². The molecule has 0 radical (unpaired) electrons. The minimum atomic E-state index is -0.785. The monoisotopic (exact) mass is 647 g/mol. The van der Waals surface area contributed by atoms with Crippen molar-refractivity contribution in [2.24, 2.45) is 16.3 Å². The van der Waals surface area contributed by atoms with Gasteiger partial charge in [0.15, 0.2) is 5.82 Å². The maximum absolute atomic E-state index is 17.1. The normalized spacial score (nSPS) is 22.0. The molecule has 1 saturated heterocycles. The fraction of sp³-hybridized carbons (Fsp3) is 0.486. The fourth-order valence-electron chi connectivity index (χ4n) is 6.87. The number of amidine groups is 1. The predicted octanol–water partition coefficient (Wildman–Crippen LogP) is 6.96. The molecule has 2 aliphatic heterocycles. The van der Waals surface area contributed by atoms with Gasteiger partial charge in [0.1, 0.15) is 28.3 Å². The Balaban J connectivity index is 1.55. The zero-order valence-electron chi connectivity index (χ0n) is 27.4. The first-order chi connectivity index (χ1) is 21.8. The van der Waals surface area contributed by atoms with Gasteiger partial charge >= 0.3 is 6.09 Å². The second-order valence-corrected chi connectivity index (χ2v) is 14.9. The molecule has 4 heterocycles. The lowest BCUT2D eigenvalue weighted by molar-refractivity contribution is 0.0636. The maximum atomic E-state index is 17.1. The van der Waals surface area contributed by atoms with Crippen LogP contribution in [0.3, 0.4) is 0 Å². The van der Waals surface area contributed by atoms with Crippen LogP contribution >= 0.6 is 11.3 Å². The van der Waals surface area contributed by atoms with Gasteiger partial charge in [-0.15, -0.1) is 11.3 Å². The maximum Gasteiger partial charge on any atom is 0.412 e. The highest BCUT2D eigenvalue weighted by molar-refractivity contribution is 7.23. The topological polar surface area (TPSA) is 99.8 Å². The number of ether oxygens (including phenoxy) is 2. The van der Waals surface area contributed by atoms with E-state index < -0.39 is 23.3 Å². The molecule has 1 N–H and O–H groups in total. The lowest BCUT2D eigenvalue weighted by atomic mass is 9.64. The highest BCUT2D eigenvalue weighted by Gasteiger charge is 2.49. The fourth-order valence-corrected chi connectivity index (χ4v) is 7.91. The number of nitrogens with zero attached hydrogens (tertiary/aromatic N) is 4. The zero-order valence-corrected chi connectivity index (χ0v) is 28.2. The first-order valence-corrected chi connectivity index (χ1v) is 16.5. The lowest BCUT2D eigenvalue weighted by Crippen LogP contribution is -2.36. The second kappa shape index (κ2) is 11.7. The van der Waals surface area contributed by atoms with Crippen LogP contribution in [-0.4, -0.2) is 40.5 Å². The number of thiophene rings is 1. The second-order valence-electron chi connectivity index (χ2n) is 13.8. The van der Waals surface area contributed by atoms with E-state index in [1.807, 2.05) is 20.8 Å². The van der Waals surface area contributed by atoms with E-state index in [0.717, 1.165) is 47.6 Å². The van der Waals surface area contributed by atoms with Crippen molar-refractivity contribution >= 4 is 50.1 Å². The molecule has 0 bridgehead atoms. The van der Waals surface area contributed by atoms with E-state index in [0.29, 0.717) is 33.8 Å². The van der Waals surface area contributed by atoms with Crippen LogP contribution in [0.25, 0.3) is 33.1 Å². The van der Waals surface area contributed by atoms with Crippen LogP contribution < -0.4 is 15.8 Å². The van der Waals surface area contributed by atoms with Crippen molar-refractivity contribution in [2.75, 3.05) is 18.4 Å². The summed E-state index contributed by atoms with van der Waals surface area (Å²) in [6.07, 6.45) is 5.07. The summed E-state index contributed by atoms with van der Waals surface area (Å²) >= 11 is 0.886. The van der Waals surface area contributed by atoms with Gasteiger partial charge in [0.25, 0.3) is 0 Å². The van der Waals surface area contributed by atoms with E-state index in [1.54, 1.807) is 27.0 Å². The van der Waals surface area contributed by atoms with E-state index in [2.05, 4.69) is 28.2 Å². The Kier molecular flexibility index (Phi) is 8.18. The summed E-state index contributed by atoms with van der Waals surface area (Å²) in [5.41, 5.74) is 2.04. The number of carbonyl (C=O) groups is 1. The molecule has 242 valence electrons. The van der Waals surface area contributed by atoms with Crippen LogP contribution in [0.15, 0.2) is 11.2 Å². The summed E-state index contributed by atoms with van der Waals surface area (Å²) in [6, 6.07) is 2.09. The Hall–Kier alpha value is -3.88. The minimum Gasteiger partial charge on any atom is -0.444 e. The highest BCUT2D eigenvalue weighted by atomic mass is 32.1.